The lowest BCUT2D eigenvalue weighted by Crippen LogP contribution is -2.24. The van der Waals surface area contributed by atoms with Crippen LogP contribution in [-0.2, 0) is 17.8 Å². The van der Waals surface area contributed by atoms with Crippen molar-refractivity contribution in [3.05, 3.63) is 64.4 Å². The number of carboxylic acid groups (broad SMARTS) is 1. The predicted molar refractivity (Wildman–Crippen MR) is 78.2 cm³/mol. The Morgan fingerprint density at radius 3 is 2.57 bits per heavy atom. The Morgan fingerprint density at radius 2 is 1.90 bits per heavy atom. The number of carboxylic acids is 1. The van der Waals surface area contributed by atoms with Crippen molar-refractivity contribution in [2.75, 3.05) is 0 Å². The zero-order chi connectivity index (χ0) is 15.2. The average Bonchev–Trinajstić information content (AvgIpc) is 2.46. The van der Waals surface area contributed by atoms with Gasteiger partial charge in [0.25, 0.3) is 5.91 Å². The number of nitrogens with one attached hydrogen (secondary N) is 1. The predicted octanol–water partition coefficient (Wildman–Crippen LogP) is 2.29. The van der Waals surface area contributed by atoms with Gasteiger partial charge in [-0.2, -0.15) is 0 Å². The summed E-state index contributed by atoms with van der Waals surface area (Å²) in [6, 6.07) is 8.61. The zero-order valence-electron chi connectivity index (χ0n) is 11.0. The molecule has 1 heterocycles. The largest absolute Gasteiger partial charge is 0.481 e. The van der Waals surface area contributed by atoms with Crippen LogP contribution in [0.15, 0.2) is 42.7 Å². The molecule has 0 aliphatic carbocycles. The van der Waals surface area contributed by atoms with Crippen LogP contribution in [0.2, 0.25) is 5.02 Å². The number of aliphatic carboxylic acids is 1. The van der Waals surface area contributed by atoms with E-state index in [0.29, 0.717) is 11.1 Å². The van der Waals surface area contributed by atoms with Crippen molar-refractivity contribution in [3.63, 3.8) is 0 Å². The van der Waals surface area contributed by atoms with Gasteiger partial charge < -0.3 is 10.4 Å². The summed E-state index contributed by atoms with van der Waals surface area (Å²) in [5.41, 5.74) is 1.77. The number of pyridine rings is 1. The van der Waals surface area contributed by atoms with Crippen LogP contribution >= 0.6 is 11.6 Å². The maximum absolute atomic E-state index is 12.0. The fraction of sp³-hybridized carbons (Fsp3) is 0.133. The summed E-state index contributed by atoms with van der Waals surface area (Å²) in [5, 5.41) is 11.9. The van der Waals surface area contributed by atoms with Gasteiger partial charge in [0.2, 0.25) is 0 Å². The molecule has 0 unspecified atom stereocenters. The van der Waals surface area contributed by atoms with Crippen LogP contribution < -0.4 is 5.32 Å². The van der Waals surface area contributed by atoms with Crippen molar-refractivity contribution in [1.29, 1.82) is 0 Å². The molecule has 21 heavy (non-hydrogen) atoms. The number of benzene rings is 1. The molecule has 0 aliphatic rings. The van der Waals surface area contributed by atoms with Crippen LogP contribution in [0.1, 0.15) is 21.5 Å². The summed E-state index contributed by atoms with van der Waals surface area (Å²) in [4.78, 5) is 26.7. The van der Waals surface area contributed by atoms with E-state index in [9.17, 15) is 9.59 Å². The fourth-order valence-corrected chi connectivity index (χ4v) is 2.10. The summed E-state index contributed by atoms with van der Waals surface area (Å²) >= 11 is 5.90. The molecule has 0 bridgehead atoms. The molecule has 5 nitrogen and oxygen atoms in total. The molecule has 0 fully saturated rings. The molecule has 1 amide bonds. The quantitative estimate of drug-likeness (QED) is 0.888. The monoisotopic (exact) mass is 304 g/mol. The molecule has 1 aromatic carbocycles. The molecular formula is C15H13ClN2O3. The van der Waals surface area contributed by atoms with Crippen molar-refractivity contribution < 1.29 is 14.7 Å². The first-order chi connectivity index (χ1) is 10.1. The molecule has 6 heteroatoms. The van der Waals surface area contributed by atoms with Crippen molar-refractivity contribution in [2.24, 2.45) is 0 Å². The van der Waals surface area contributed by atoms with E-state index in [-0.39, 0.29) is 23.9 Å². The maximum atomic E-state index is 12.0. The second kappa shape index (κ2) is 6.85. The van der Waals surface area contributed by atoms with E-state index >= 15 is 0 Å². The number of halogens is 1. The normalized spacial score (nSPS) is 10.1. The van der Waals surface area contributed by atoms with Gasteiger partial charge in [-0.3, -0.25) is 14.6 Å². The highest BCUT2D eigenvalue weighted by atomic mass is 35.5. The van der Waals surface area contributed by atoms with Crippen LogP contribution in [-0.4, -0.2) is 22.0 Å². The Kier molecular flexibility index (Phi) is 4.90. The van der Waals surface area contributed by atoms with Gasteiger partial charge in [-0.25, -0.2) is 0 Å². The first-order valence-electron chi connectivity index (χ1n) is 6.24. The number of hydrogen-bond acceptors (Lipinski definition) is 3. The Bertz CT molecular complexity index is 673. The van der Waals surface area contributed by atoms with Gasteiger partial charge in [0.15, 0.2) is 0 Å². The minimum atomic E-state index is -0.911. The minimum Gasteiger partial charge on any atom is -0.481 e. The topological polar surface area (TPSA) is 79.3 Å². The van der Waals surface area contributed by atoms with E-state index in [1.54, 1.807) is 24.3 Å². The van der Waals surface area contributed by atoms with Crippen LogP contribution in [0.5, 0.6) is 0 Å². The van der Waals surface area contributed by atoms with Gasteiger partial charge in [-0.15, -0.1) is 0 Å². The fourth-order valence-electron chi connectivity index (χ4n) is 1.90. The van der Waals surface area contributed by atoms with E-state index < -0.39 is 5.97 Å². The summed E-state index contributed by atoms with van der Waals surface area (Å²) in [7, 11) is 0. The van der Waals surface area contributed by atoms with Crippen LogP contribution in [0, 0.1) is 0 Å². The number of aromatic nitrogens is 1. The molecular weight excluding hydrogens is 292 g/mol. The van der Waals surface area contributed by atoms with Gasteiger partial charge in [-0.1, -0.05) is 35.9 Å². The Balaban J connectivity index is 2.08. The average molecular weight is 305 g/mol. The Hall–Kier alpha value is -2.40. The van der Waals surface area contributed by atoms with Gasteiger partial charge in [0, 0.05) is 18.9 Å². The Labute approximate surface area is 126 Å². The standard InChI is InChI=1S/C15H13ClN2O3/c16-13-9-17-6-5-12(13)15(21)18-8-11-4-2-1-3-10(11)7-14(19)20/h1-6,9H,7-8H2,(H,18,21)(H,19,20). The molecule has 0 atom stereocenters. The van der Waals surface area contributed by atoms with Gasteiger partial charge in [0.1, 0.15) is 0 Å². The van der Waals surface area contributed by atoms with Crippen molar-refractivity contribution in [3.8, 4) is 0 Å². The van der Waals surface area contributed by atoms with Crippen molar-refractivity contribution >= 4 is 23.5 Å². The molecule has 0 radical (unpaired) electrons. The number of hydrogen-bond donors (Lipinski definition) is 2. The summed E-state index contributed by atoms with van der Waals surface area (Å²) in [6.45, 7) is 0.237. The van der Waals surface area contributed by atoms with E-state index in [2.05, 4.69) is 10.3 Å². The lowest BCUT2D eigenvalue weighted by atomic mass is 10.0. The van der Waals surface area contributed by atoms with Crippen LogP contribution in [0.4, 0.5) is 0 Å². The number of amides is 1. The lowest BCUT2D eigenvalue weighted by Gasteiger charge is -2.10. The van der Waals surface area contributed by atoms with Crippen LogP contribution in [0.25, 0.3) is 0 Å². The molecule has 0 aliphatic heterocycles. The second-order valence-electron chi connectivity index (χ2n) is 4.38. The molecule has 2 N–H and O–H groups in total. The highest BCUT2D eigenvalue weighted by Gasteiger charge is 2.11. The number of carbonyl (C=O) groups is 2. The summed E-state index contributed by atoms with van der Waals surface area (Å²) in [5.74, 6) is -1.24. The first kappa shape index (κ1) is 15.0. The molecule has 108 valence electrons. The van der Waals surface area contributed by atoms with Crippen molar-refractivity contribution in [2.45, 2.75) is 13.0 Å². The lowest BCUT2D eigenvalue weighted by molar-refractivity contribution is -0.136. The maximum Gasteiger partial charge on any atom is 0.307 e. The third kappa shape index (κ3) is 4.03. The van der Waals surface area contributed by atoms with E-state index in [1.165, 1.54) is 18.5 Å². The SMILES string of the molecule is O=C(O)Cc1ccccc1CNC(=O)c1ccncc1Cl. The van der Waals surface area contributed by atoms with Crippen molar-refractivity contribution in [1.82, 2.24) is 10.3 Å². The number of carbonyl (C=O) groups excluding carboxylic acids is 1. The molecule has 0 saturated carbocycles. The van der Waals surface area contributed by atoms with Gasteiger partial charge in [-0.05, 0) is 17.2 Å². The van der Waals surface area contributed by atoms with E-state index in [0.717, 1.165) is 5.56 Å². The first-order valence-corrected chi connectivity index (χ1v) is 6.62. The Morgan fingerprint density at radius 1 is 1.19 bits per heavy atom. The molecule has 0 spiro atoms. The number of nitrogens with zero attached hydrogens (tertiary/aromatic N) is 1. The number of rotatable bonds is 5. The smallest absolute Gasteiger partial charge is 0.307 e. The highest BCUT2D eigenvalue weighted by molar-refractivity contribution is 6.33. The van der Waals surface area contributed by atoms with Crippen LogP contribution in [0.3, 0.4) is 0 Å². The van der Waals surface area contributed by atoms with Gasteiger partial charge in [0.05, 0.1) is 17.0 Å². The summed E-state index contributed by atoms with van der Waals surface area (Å²) < 4.78 is 0. The molecule has 0 saturated heterocycles. The van der Waals surface area contributed by atoms with Gasteiger partial charge >= 0.3 is 5.97 Å². The molecule has 1 aromatic heterocycles. The third-order valence-electron chi connectivity index (χ3n) is 2.92. The van der Waals surface area contributed by atoms with E-state index in [1.807, 2.05) is 0 Å². The minimum absolute atomic E-state index is 0.0813. The molecule has 2 rings (SSSR count). The summed E-state index contributed by atoms with van der Waals surface area (Å²) in [6.07, 6.45) is 2.80. The van der Waals surface area contributed by atoms with E-state index in [4.69, 9.17) is 16.7 Å². The molecule has 2 aromatic rings. The highest BCUT2D eigenvalue weighted by Crippen LogP contribution is 2.14. The third-order valence-corrected chi connectivity index (χ3v) is 3.22. The zero-order valence-corrected chi connectivity index (χ0v) is 11.8. The second-order valence-corrected chi connectivity index (χ2v) is 4.78.